The van der Waals surface area contributed by atoms with Crippen molar-refractivity contribution in [1.82, 2.24) is 0 Å². The monoisotopic (exact) mass is 242 g/mol. The summed E-state index contributed by atoms with van der Waals surface area (Å²) < 4.78 is 0. The van der Waals surface area contributed by atoms with Crippen LogP contribution in [0.25, 0.3) is 0 Å². The molecular formula is C18H26. The maximum atomic E-state index is 3.62. The molecule has 3 aliphatic carbocycles. The van der Waals surface area contributed by atoms with Gasteiger partial charge in [-0.25, -0.2) is 0 Å². The minimum Gasteiger partial charge on any atom is -0.103 e. The van der Waals surface area contributed by atoms with Gasteiger partial charge in [0.2, 0.25) is 0 Å². The van der Waals surface area contributed by atoms with Gasteiger partial charge >= 0.3 is 0 Å². The van der Waals surface area contributed by atoms with Gasteiger partial charge in [-0.2, -0.15) is 0 Å². The van der Waals surface area contributed by atoms with Gasteiger partial charge in [0, 0.05) is 0 Å². The second-order valence-electron chi connectivity index (χ2n) is 5.60. The van der Waals surface area contributed by atoms with E-state index in [4.69, 9.17) is 0 Å². The number of unbranched alkanes of at least 4 members (excludes halogenated alkanes) is 1. The van der Waals surface area contributed by atoms with E-state index < -0.39 is 0 Å². The molecule has 1 fully saturated rings. The first-order valence-electron chi connectivity index (χ1n) is 7.47. The zero-order valence-corrected chi connectivity index (χ0v) is 11.6. The van der Waals surface area contributed by atoms with Crippen molar-refractivity contribution in [3.63, 3.8) is 0 Å². The topological polar surface area (TPSA) is 0 Å². The molecule has 3 rings (SSSR count). The molecule has 4 unspecified atom stereocenters. The predicted octanol–water partition coefficient (Wildman–Crippen LogP) is 5.30. The zero-order chi connectivity index (χ0) is 12.8. The van der Waals surface area contributed by atoms with Crippen LogP contribution in [0.3, 0.4) is 0 Å². The van der Waals surface area contributed by atoms with Gasteiger partial charge in [-0.05, 0) is 55.8 Å². The normalized spacial score (nSPS) is 34.7. The third kappa shape index (κ3) is 3.04. The first-order valence-corrected chi connectivity index (χ1v) is 7.47. The van der Waals surface area contributed by atoms with Crippen molar-refractivity contribution in [3.05, 3.63) is 49.1 Å². The highest BCUT2D eigenvalue weighted by atomic mass is 14.5. The fourth-order valence-corrected chi connectivity index (χ4v) is 3.47. The second kappa shape index (κ2) is 6.78. The van der Waals surface area contributed by atoms with E-state index in [0.717, 1.165) is 42.9 Å². The lowest BCUT2D eigenvalue weighted by molar-refractivity contribution is 0.398. The Balaban J connectivity index is 0.000000139. The summed E-state index contributed by atoms with van der Waals surface area (Å²) in [6.07, 6.45) is 22.2. The Bertz CT molecular complexity index is 345. The molecule has 2 bridgehead atoms. The van der Waals surface area contributed by atoms with Crippen molar-refractivity contribution in [2.24, 2.45) is 23.7 Å². The highest BCUT2D eigenvalue weighted by Crippen LogP contribution is 2.52. The second-order valence-corrected chi connectivity index (χ2v) is 5.60. The van der Waals surface area contributed by atoms with Crippen LogP contribution < -0.4 is 0 Å². The van der Waals surface area contributed by atoms with E-state index in [0.29, 0.717) is 0 Å². The Kier molecular flexibility index (Phi) is 5.04. The first-order chi connectivity index (χ1) is 8.86. The van der Waals surface area contributed by atoms with Gasteiger partial charge in [0.15, 0.2) is 0 Å². The summed E-state index contributed by atoms with van der Waals surface area (Å²) in [6.45, 7) is 5.77. The van der Waals surface area contributed by atoms with E-state index in [1.807, 2.05) is 6.08 Å². The number of hydrogen-bond donors (Lipinski definition) is 0. The molecule has 0 aromatic heterocycles. The molecule has 0 saturated heterocycles. The van der Waals surface area contributed by atoms with Crippen LogP contribution in [0.2, 0.25) is 0 Å². The lowest BCUT2D eigenvalue weighted by atomic mass is 9.86. The van der Waals surface area contributed by atoms with Crippen molar-refractivity contribution < 1.29 is 0 Å². The highest BCUT2D eigenvalue weighted by Gasteiger charge is 2.44. The van der Waals surface area contributed by atoms with Gasteiger partial charge in [0.25, 0.3) is 0 Å². The van der Waals surface area contributed by atoms with Crippen molar-refractivity contribution in [2.75, 3.05) is 0 Å². The maximum absolute atomic E-state index is 3.62. The average Bonchev–Trinajstić information content (AvgIpc) is 3.06. The largest absolute Gasteiger partial charge is 0.103 e. The molecule has 0 aliphatic heterocycles. The third-order valence-corrected chi connectivity index (χ3v) is 4.39. The Morgan fingerprint density at radius 1 is 1.11 bits per heavy atom. The van der Waals surface area contributed by atoms with Crippen molar-refractivity contribution >= 4 is 0 Å². The standard InChI is InChI=1S/C10H12.C8H14/c1-2-9-7-4-5-8(6-7)10(9)3-1;1-3-5-7-8-6-4-2/h1-2,4-5,7-10H,3,6H2;3,6,8H,1,4-5,7H2,2H3/b;8-6+. The van der Waals surface area contributed by atoms with Gasteiger partial charge in [-0.1, -0.05) is 49.5 Å². The Labute approximate surface area is 112 Å². The average molecular weight is 242 g/mol. The molecule has 0 nitrogen and oxygen atoms in total. The quantitative estimate of drug-likeness (QED) is 0.463. The minimum absolute atomic E-state index is 0.925. The summed E-state index contributed by atoms with van der Waals surface area (Å²) >= 11 is 0. The third-order valence-electron chi connectivity index (χ3n) is 4.39. The van der Waals surface area contributed by atoms with Crippen LogP contribution >= 0.6 is 0 Å². The van der Waals surface area contributed by atoms with Crippen molar-refractivity contribution in [3.8, 4) is 0 Å². The Morgan fingerprint density at radius 3 is 2.67 bits per heavy atom. The van der Waals surface area contributed by atoms with Crippen LogP contribution in [-0.2, 0) is 0 Å². The Morgan fingerprint density at radius 2 is 1.94 bits per heavy atom. The molecule has 3 aliphatic rings. The number of fused-ring (bicyclic) bond motifs is 5. The number of allylic oxidation sites excluding steroid dienone is 7. The van der Waals surface area contributed by atoms with Crippen LogP contribution in [0.5, 0.6) is 0 Å². The number of rotatable bonds is 4. The Hall–Kier alpha value is -1.04. The smallest absolute Gasteiger partial charge is 0.0133 e. The minimum atomic E-state index is 0.925. The van der Waals surface area contributed by atoms with E-state index in [1.165, 1.54) is 12.8 Å². The molecule has 4 atom stereocenters. The van der Waals surface area contributed by atoms with E-state index in [-0.39, 0.29) is 0 Å². The van der Waals surface area contributed by atoms with Gasteiger partial charge in [0.05, 0.1) is 0 Å². The maximum Gasteiger partial charge on any atom is -0.0133 e. The predicted molar refractivity (Wildman–Crippen MR) is 80.3 cm³/mol. The highest BCUT2D eigenvalue weighted by molar-refractivity contribution is 5.21. The van der Waals surface area contributed by atoms with Gasteiger partial charge < -0.3 is 0 Å². The van der Waals surface area contributed by atoms with E-state index in [9.17, 15) is 0 Å². The molecule has 0 radical (unpaired) electrons. The van der Waals surface area contributed by atoms with Crippen LogP contribution in [0.1, 0.15) is 39.0 Å². The molecule has 0 aromatic carbocycles. The molecule has 0 heterocycles. The van der Waals surface area contributed by atoms with Crippen LogP contribution in [0.15, 0.2) is 49.1 Å². The van der Waals surface area contributed by atoms with Gasteiger partial charge in [-0.15, -0.1) is 6.58 Å². The molecule has 0 N–H and O–H groups in total. The van der Waals surface area contributed by atoms with Crippen molar-refractivity contribution in [1.29, 1.82) is 0 Å². The summed E-state index contributed by atoms with van der Waals surface area (Å²) in [5.74, 6) is 3.82. The van der Waals surface area contributed by atoms with Gasteiger partial charge in [0.1, 0.15) is 0 Å². The fourth-order valence-electron chi connectivity index (χ4n) is 3.47. The first kappa shape index (κ1) is 13.4. The van der Waals surface area contributed by atoms with Crippen LogP contribution in [0.4, 0.5) is 0 Å². The van der Waals surface area contributed by atoms with E-state index in [1.54, 1.807) is 0 Å². The molecule has 0 spiro atoms. The zero-order valence-electron chi connectivity index (χ0n) is 11.6. The lowest BCUT2D eigenvalue weighted by Crippen LogP contribution is -2.12. The number of hydrogen-bond acceptors (Lipinski definition) is 0. The molecule has 0 amide bonds. The van der Waals surface area contributed by atoms with E-state index >= 15 is 0 Å². The van der Waals surface area contributed by atoms with Crippen LogP contribution in [0, 0.1) is 23.7 Å². The van der Waals surface area contributed by atoms with Crippen LogP contribution in [-0.4, -0.2) is 0 Å². The summed E-state index contributed by atoms with van der Waals surface area (Å²) in [5, 5.41) is 0. The van der Waals surface area contributed by atoms with Gasteiger partial charge in [-0.3, -0.25) is 0 Å². The fraction of sp³-hybridized carbons (Fsp3) is 0.556. The molecule has 98 valence electrons. The lowest BCUT2D eigenvalue weighted by Gasteiger charge is -2.18. The molecular weight excluding hydrogens is 216 g/mol. The summed E-state index contributed by atoms with van der Waals surface area (Å²) in [7, 11) is 0. The van der Waals surface area contributed by atoms with Crippen molar-refractivity contribution in [2.45, 2.75) is 39.0 Å². The summed E-state index contributed by atoms with van der Waals surface area (Å²) in [6, 6.07) is 0. The molecule has 0 heteroatoms. The molecule has 1 saturated carbocycles. The SMILES string of the molecule is C1=CC2C3C=CC(C3)C2C1.C=CCC/C=C/CC. The summed E-state index contributed by atoms with van der Waals surface area (Å²) in [5.41, 5.74) is 0. The molecule has 0 aromatic rings. The molecule has 18 heavy (non-hydrogen) atoms. The summed E-state index contributed by atoms with van der Waals surface area (Å²) in [4.78, 5) is 0. The van der Waals surface area contributed by atoms with E-state index in [2.05, 4.69) is 50.0 Å².